The van der Waals surface area contributed by atoms with Gasteiger partial charge >= 0.3 is 0 Å². The van der Waals surface area contributed by atoms with Crippen LogP contribution >= 0.6 is 0 Å². The van der Waals surface area contributed by atoms with Gasteiger partial charge in [-0.25, -0.2) is 0 Å². The van der Waals surface area contributed by atoms with Gasteiger partial charge in [0.15, 0.2) is 0 Å². The highest BCUT2D eigenvalue weighted by atomic mass is 16.1. The van der Waals surface area contributed by atoms with Gasteiger partial charge in [0, 0.05) is 6.42 Å². The third-order valence-electron chi connectivity index (χ3n) is 4.10. The zero-order valence-corrected chi connectivity index (χ0v) is 11.0. The first kappa shape index (κ1) is 13.2. The molecule has 1 heteroatoms. The maximum absolute atomic E-state index is 10.3. The summed E-state index contributed by atoms with van der Waals surface area (Å²) in [6.07, 6.45) is 10.8. The van der Waals surface area contributed by atoms with Gasteiger partial charge in [0.05, 0.1) is 0 Å². The largest absolute Gasteiger partial charge is 0.303 e. The molecule has 1 aliphatic carbocycles. The number of hydrogen-bond acceptors (Lipinski definition) is 1. The molecule has 1 rings (SSSR count). The Morgan fingerprint density at radius 2 is 2.25 bits per heavy atom. The molecule has 2 atom stereocenters. The lowest BCUT2D eigenvalue weighted by Gasteiger charge is -2.28. The SMILES string of the molecule is CC1=CCC(CC=CC(C)CC=O)C1(C)C. The van der Waals surface area contributed by atoms with Crippen molar-refractivity contribution in [1.82, 2.24) is 0 Å². The summed E-state index contributed by atoms with van der Waals surface area (Å²) >= 11 is 0. The van der Waals surface area contributed by atoms with Crippen LogP contribution in [0.1, 0.15) is 47.0 Å². The van der Waals surface area contributed by atoms with E-state index in [-0.39, 0.29) is 0 Å². The minimum atomic E-state index is 0.345. The van der Waals surface area contributed by atoms with Crippen LogP contribution in [0.4, 0.5) is 0 Å². The molecule has 0 spiro atoms. The fourth-order valence-electron chi connectivity index (χ4n) is 2.30. The molecule has 0 radical (unpaired) electrons. The first-order valence-corrected chi connectivity index (χ1v) is 6.26. The standard InChI is InChI=1S/C15H24O/c1-12(10-11-16)6-5-7-14-9-8-13(2)15(14,3)4/h5-6,8,11-12,14H,7,9-10H2,1-4H3. The van der Waals surface area contributed by atoms with Crippen LogP contribution in [0, 0.1) is 17.3 Å². The summed E-state index contributed by atoms with van der Waals surface area (Å²) in [6, 6.07) is 0. The Kier molecular flexibility index (Phi) is 4.52. The second-order valence-corrected chi connectivity index (χ2v) is 5.58. The lowest BCUT2D eigenvalue weighted by Crippen LogP contribution is -2.19. The summed E-state index contributed by atoms with van der Waals surface area (Å²) in [4.78, 5) is 10.3. The topological polar surface area (TPSA) is 17.1 Å². The fraction of sp³-hybridized carbons (Fsp3) is 0.667. The molecule has 1 nitrogen and oxygen atoms in total. The molecule has 1 aliphatic rings. The molecule has 2 unspecified atom stereocenters. The third-order valence-corrected chi connectivity index (χ3v) is 4.10. The first-order valence-electron chi connectivity index (χ1n) is 6.26. The maximum atomic E-state index is 10.3. The summed E-state index contributed by atoms with van der Waals surface area (Å²) in [6.45, 7) is 8.99. The number of allylic oxidation sites excluding steroid dienone is 4. The minimum absolute atomic E-state index is 0.345. The Morgan fingerprint density at radius 1 is 1.56 bits per heavy atom. The van der Waals surface area contributed by atoms with Crippen LogP contribution < -0.4 is 0 Å². The molecule has 0 amide bonds. The van der Waals surface area contributed by atoms with E-state index < -0.39 is 0 Å². The lowest BCUT2D eigenvalue weighted by atomic mass is 9.76. The van der Waals surface area contributed by atoms with Gasteiger partial charge in [-0.2, -0.15) is 0 Å². The van der Waals surface area contributed by atoms with Crippen molar-refractivity contribution >= 4 is 6.29 Å². The van der Waals surface area contributed by atoms with Gasteiger partial charge in [0.25, 0.3) is 0 Å². The summed E-state index contributed by atoms with van der Waals surface area (Å²) < 4.78 is 0. The van der Waals surface area contributed by atoms with Gasteiger partial charge in [-0.05, 0) is 37.0 Å². The van der Waals surface area contributed by atoms with Crippen molar-refractivity contribution in [2.75, 3.05) is 0 Å². The van der Waals surface area contributed by atoms with Crippen molar-refractivity contribution in [2.24, 2.45) is 17.3 Å². The molecular formula is C15H24O. The Morgan fingerprint density at radius 3 is 2.75 bits per heavy atom. The molecule has 0 saturated heterocycles. The van der Waals surface area contributed by atoms with Gasteiger partial charge < -0.3 is 4.79 Å². The van der Waals surface area contributed by atoms with Crippen LogP contribution in [0.15, 0.2) is 23.8 Å². The summed E-state index contributed by atoms with van der Waals surface area (Å²) in [5, 5.41) is 0. The van der Waals surface area contributed by atoms with Crippen LogP contribution in [-0.2, 0) is 4.79 Å². The van der Waals surface area contributed by atoms with Crippen molar-refractivity contribution in [1.29, 1.82) is 0 Å². The molecule has 0 fully saturated rings. The van der Waals surface area contributed by atoms with Crippen molar-refractivity contribution < 1.29 is 4.79 Å². The van der Waals surface area contributed by atoms with Crippen molar-refractivity contribution in [3.05, 3.63) is 23.8 Å². The summed E-state index contributed by atoms with van der Waals surface area (Å²) in [5.74, 6) is 1.11. The minimum Gasteiger partial charge on any atom is -0.303 e. The van der Waals surface area contributed by atoms with E-state index in [9.17, 15) is 4.79 Å². The Hall–Kier alpha value is -0.850. The molecule has 0 aromatic rings. The van der Waals surface area contributed by atoms with E-state index in [0.717, 1.165) is 18.6 Å². The quantitative estimate of drug-likeness (QED) is 0.502. The smallest absolute Gasteiger partial charge is 0.120 e. The molecule has 0 aromatic heterocycles. The van der Waals surface area contributed by atoms with E-state index in [0.29, 0.717) is 17.8 Å². The highest BCUT2D eigenvalue weighted by Gasteiger charge is 2.33. The van der Waals surface area contributed by atoms with Crippen molar-refractivity contribution in [2.45, 2.75) is 47.0 Å². The van der Waals surface area contributed by atoms with Crippen LogP contribution in [0.3, 0.4) is 0 Å². The molecule has 16 heavy (non-hydrogen) atoms. The van der Waals surface area contributed by atoms with Crippen molar-refractivity contribution in [3.8, 4) is 0 Å². The van der Waals surface area contributed by atoms with Crippen molar-refractivity contribution in [3.63, 3.8) is 0 Å². The predicted octanol–water partition coefficient (Wildman–Crippen LogP) is 4.15. The molecule has 0 saturated carbocycles. The second kappa shape index (κ2) is 5.47. The number of carbonyl (C=O) groups excluding carboxylic acids is 1. The average molecular weight is 220 g/mol. The predicted molar refractivity (Wildman–Crippen MR) is 69.2 cm³/mol. The number of hydrogen-bond donors (Lipinski definition) is 0. The summed E-state index contributed by atoms with van der Waals surface area (Å²) in [7, 11) is 0. The highest BCUT2D eigenvalue weighted by molar-refractivity contribution is 5.50. The summed E-state index contributed by atoms with van der Waals surface area (Å²) in [5.41, 5.74) is 1.87. The third kappa shape index (κ3) is 3.07. The van der Waals surface area contributed by atoms with Crippen LogP contribution in [0.25, 0.3) is 0 Å². The molecule has 0 N–H and O–H groups in total. The number of rotatable bonds is 5. The maximum Gasteiger partial charge on any atom is 0.120 e. The molecule has 90 valence electrons. The Bertz CT molecular complexity index is 297. The van der Waals surface area contributed by atoms with Gasteiger partial charge in [-0.3, -0.25) is 0 Å². The Balaban J connectivity index is 2.43. The zero-order valence-electron chi connectivity index (χ0n) is 11.0. The van der Waals surface area contributed by atoms with E-state index in [4.69, 9.17) is 0 Å². The van der Waals surface area contributed by atoms with E-state index >= 15 is 0 Å². The second-order valence-electron chi connectivity index (χ2n) is 5.58. The van der Waals surface area contributed by atoms with E-state index in [1.807, 2.05) is 0 Å². The van der Waals surface area contributed by atoms with Crippen LogP contribution in [-0.4, -0.2) is 6.29 Å². The van der Waals surface area contributed by atoms with E-state index in [1.54, 1.807) is 0 Å². The number of carbonyl (C=O) groups is 1. The van der Waals surface area contributed by atoms with E-state index in [2.05, 4.69) is 45.9 Å². The van der Waals surface area contributed by atoms with Gasteiger partial charge in [-0.15, -0.1) is 0 Å². The molecule has 0 aromatic carbocycles. The van der Waals surface area contributed by atoms with Gasteiger partial charge in [0.2, 0.25) is 0 Å². The fourth-order valence-corrected chi connectivity index (χ4v) is 2.30. The van der Waals surface area contributed by atoms with Crippen LogP contribution in [0.2, 0.25) is 0 Å². The highest BCUT2D eigenvalue weighted by Crippen LogP contribution is 2.44. The van der Waals surface area contributed by atoms with Crippen LogP contribution in [0.5, 0.6) is 0 Å². The molecule has 0 heterocycles. The van der Waals surface area contributed by atoms with Gasteiger partial charge in [0.1, 0.15) is 6.29 Å². The monoisotopic (exact) mass is 220 g/mol. The molecule has 0 bridgehead atoms. The normalized spacial score (nSPS) is 25.8. The Labute approximate surface area is 99.6 Å². The van der Waals surface area contributed by atoms with E-state index in [1.165, 1.54) is 12.0 Å². The lowest BCUT2D eigenvalue weighted by molar-refractivity contribution is -0.108. The average Bonchev–Trinajstić information content (AvgIpc) is 2.45. The van der Waals surface area contributed by atoms with Gasteiger partial charge in [-0.1, -0.05) is 44.6 Å². The first-order chi connectivity index (χ1) is 7.48. The number of aldehydes is 1. The zero-order chi connectivity index (χ0) is 12.2. The molecule has 0 aliphatic heterocycles. The molecular weight excluding hydrogens is 196 g/mol.